The van der Waals surface area contributed by atoms with Gasteiger partial charge in [0.1, 0.15) is 10.6 Å². The van der Waals surface area contributed by atoms with Crippen LogP contribution >= 0.6 is 34.9 Å². The molecule has 3 rings (SSSR count). The van der Waals surface area contributed by atoms with Crippen LogP contribution in [0.1, 0.15) is 40.9 Å². The first-order valence-corrected chi connectivity index (χ1v) is 13.5. The van der Waals surface area contributed by atoms with Crippen molar-refractivity contribution in [2.24, 2.45) is 10.9 Å². The van der Waals surface area contributed by atoms with E-state index in [4.69, 9.17) is 25.4 Å². The molecule has 0 spiro atoms. The van der Waals surface area contributed by atoms with E-state index < -0.39 is 38.8 Å². The van der Waals surface area contributed by atoms with E-state index in [9.17, 15) is 26.6 Å². The second kappa shape index (κ2) is 8.01. The van der Waals surface area contributed by atoms with Crippen LogP contribution in [-0.2, 0) is 20.3 Å². The highest BCUT2D eigenvalue weighted by Crippen LogP contribution is 2.63. The lowest BCUT2D eigenvalue weighted by Crippen LogP contribution is -2.30. The minimum Gasteiger partial charge on any atom is -0.492 e. The van der Waals surface area contributed by atoms with Crippen molar-refractivity contribution in [3.05, 3.63) is 27.0 Å². The summed E-state index contributed by atoms with van der Waals surface area (Å²) in [6.45, 7) is -0.00563. The van der Waals surface area contributed by atoms with Gasteiger partial charge in [-0.25, -0.2) is 13.6 Å². The molecular weight excluding hydrogens is 545 g/mol. The molecule has 0 saturated heterocycles. The van der Waals surface area contributed by atoms with Crippen LogP contribution in [0, 0.1) is 0 Å². The summed E-state index contributed by atoms with van der Waals surface area (Å²) in [7, 11) is -9.53. The highest BCUT2D eigenvalue weighted by atomic mass is 79.9. The Labute approximate surface area is 188 Å². The minimum atomic E-state index is -5.83. The largest absolute Gasteiger partial charge is 0.492 e. The van der Waals surface area contributed by atoms with Crippen molar-refractivity contribution >= 4 is 60.9 Å². The van der Waals surface area contributed by atoms with Crippen molar-refractivity contribution in [3.8, 4) is 5.75 Å². The maximum atomic E-state index is 14.3. The number of rotatable bonds is 9. The van der Waals surface area contributed by atoms with Crippen LogP contribution in [0.15, 0.2) is 16.6 Å². The van der Waals surface area contributed by atoms with Gasteiger partial charge in [0, 0.05) is 15.4 Å². The molecule has 1 aliphatic carbocycles. The van der Waals surface area contributed by atoms with Crippen LogP contribution in [0.2, 0.25) is 0 Å². The van der Waals surface area contributed by atoms with Gasteiger partial charge in [-0.1, -0.05) is 0 Å². The summed E-state index contributed by atoms with van der Waals surface area (Å²) in [5.41, 5.74) is 0.769. The lowest BCUT2D eigenvalue weighted by molar-refractivity contribution is 0.0595. The molecule has 1 heterocycles. The smallest absolute Gasteiger partial charge is 0.400 e. The first-order valence-electron chi connectivity index (χ1n) is 8.76. The summed E-state index contributed by atoms with van der Waals surface area (Å²) >= 11 is 3.34. The number of amides is 1. The number of alkyl halides is 2. The molecule has 1 aromatic carbocycles. The molecule has 0 atom stereocenters. The molecule has 15 heteroatoms. The molecule has 1 amide bonds. The van der Waals surface area contributed by atoms with Gasteiger partial charge in [-0.15, -0.1) is 11.3 Å². The van der Waals surface area contributed by atoms with Crippen LogP contribution < -0.4 is 15.6 Å². The van der Waals surface area contributed by atoms with Crippen LogP contribution in [0.25, 0.3) is 10.1 Å². The van der Waals surface area contributed by atoms with Crippen molar-refractivity contribution in [3.63, 3.8) is 0 Å². The van der Waals surface area contributed by atoms with Gasteiger partial charge >= 0.3 is 13.3 Å². The summed E-state index contributed by atoms with van der Waals surface area (Å²) in [4.78, 5) is 28.9. The van der Waals surface area contributed by atoms with Crippen molar-refractivity contribution in [1.82, 2.24) is 0 Å². The predicted molar refractivity (Wildman–Crippen MR) is 114 cm³/mol. The number of carbonyl (C=O) groups excluding carboxylic acids is 1. The van der Waals surface area contributed by atoms with Crippen LogP contribution in [0.3, 0.4) is 0 Å². The van der Waals surface area contributed by atoms with Gasteiger partial charge in [0.05, 0.1) is 16.1 Å². The van der Waals surface area contributed by atoms with Gasteiger partial charge < -0.3 is 20.3 Å². The van der Waals surface area contributed by atoms with E-state index in [0.717, 1.165) is 0 Å². The number of hydrogen-bond acceptors (Lipinski definition) is 6. The van der Waals surface area contributed by atoms with Crippen LogP contribution in [0.5, 0.6) is 5.75 Å². The lowest BCUT2D eigenvalue weighted by Gasteiger charge is -2.16. The molecule has 0 bridgehead atoms. The predicted octanol–water partition coefficient (Wildman–Crippen LogP) is 2.97. The summed E-state index contributed by atoms with van der Waals surface area (Å²) in [5.74, 6) is -0.857. The zero-order valence-electron chi connectivity index (χ0n) is 15.7. The van der Waals surface area contributed by atoms with Gasteiger partial charge in [-0.3, -0.25) is 9.36 Å². The lowest BCUT2D eigenvalue weighted by atomic mass is 10.1. The van der Waals surface area contributed by atoms with E-state index in [-0.39, 0.29) is 45.3 Å². The third-order valence-corrected chi connectivity index (χ3v) is 10.4. The van der Waals surface area contributed by atoms with E-state index in [1.807, 2.05) is 0 Å². The number of halogens is 3. The van der Waals surface area contributed by atoms with Gasteiger partial charge in [0.2, 0.25) is 15.9 Å². The molecule has 1 aromatic heterocycles. The maximum Gasteiger partial charge on any atom is 0.400 e. The SMILES string of the molecule is NC(=O)c1cc(OCCCC2(S(N)(=O)=O)CC2)c2sc(C(F)(F)P(=O)(O)O)c(Br)c2c1. The fourth-order valence-corrected chi connectivity index (χ4v) is 7.18. The third-order valence-electron chi connectivity index (χ3n) is 5.06. The molecule has 1 aliphatic rings. The second-order valence-electron chi connectivity index (χ2n) is 7.23. The number of primary amides is 1. The maximum absolute atomic E-state index is 14.3. The van der Waals surface area contributed by atoms with Gasteiger partial charge in [-0.05, 0) is 53.7 Å². The molecule has 1 saturated carbocycles. The van der Waals surface area contributed by atoms with E-state index >= 15 is 0 Å². The first-order chi connectivity index (χ1) is 14.1. The van der Waals surface area contributed by atoms with E-state index in [2.05, 4.69) is 15.9 Å². The Morgan fingerprint density at radius 3 is 2.45 bits per heavy atom. The molecule has 172 valence electrons. The molecular formula is C16H18BrF2N2O7PS2. The number of thiophene rings is 1. The van der Waals surface area contributed by atoms with Crippen molar-refractivity contribution in [2.75, 3.05) is 6.61 Å². The zero-order valence-corrected chi connectivity index (χ0v) is 19.8. The van der Waals surface area contributed by atoms with E-state index in [0.29, 0.717) is 24.2 Å². The Hall–Kier alpha value is -1.15. The second-order valence-corrected chi connectivity index (χ2v) is 12.6. The van der Waals surface area contributed by atoms with E-state index in [1.165, 1.54) is 12.1 Å². The number of benzene rings is 1. The number of fused-ring (bicyclic) bond motifs is 1. The standard InChI is InChI=1S/C16H18BrF2N2O7PS2/c17-11-9-6-8(14(20)22)7-10(12(9)30-13(11)16(18,19)29(23,24)25)28-5-1-2-15(3-4-15)31(21,26)27/h6-7H,1-5H2,(H2,20,22)(H2,21,26,27)(H2,23,24,25). The molecule has 0 radical (unpaired) electrons. The summed E-state index contributed by atoms with van der Waals surface area (Å²) in [6.07, 6.45) is 1.44. The monoisotopic (exact) mass is 562 g/mol. The van der Waals surface area contributed by atoms with E-state index in [1.54, 1.807) is 0 Å². The Bertz CT molecular complexity index is 1210. The molecule has 6 N–H and O–H groups in total. The molecule has 1 fully saturated rings. The summed E-state index contributed by atoms with van der Waals surface area (Å²) in [5, 5.41) is 5.31. The average molecular weight is 563 g/mol. The van der Waals surface area contributed by atoms with Gasteiger partial charge in [0.25, 0.3) is 0 Å². The highest BCUT2D eigenvalue weighted by molar-refractivity contribution is 9.10. The van der Waals surface area contributed by atoms with Crippen LogP contribution in [0.4, 0.5) is 8.78 Å². The van der Waals surface area contributed by atoms with Gasteiger partial charge in [0.15, 0.2) is 0 Å². The Balaban J connectivity index is 1.94. The third kappa shape index (κ3) is 4.52. The molecule has 0 aliphatic heterocycles. The number of primary sulfonamides is 1. The topological polar surface area (TPSA) is 170 Å². The molecule has 31 heavy (non-hydrogen) atoms. The number of carbonyl (C=O) groups is 1. The fraction of sp³-hybridized carbons (Fsp3) is 0.438. The molecule has 2 aromatic rings. The Kier molecular flexibility index (Phi) is 6.33. The first kappa shape index (κ1) is 24.5. The average Bonchev–Trinajstić information content (AvgIpc) is 3.35. The molecule has 9 nitrogen and oxygen atoms in total. The Morgan fingerprint density at radius 2 is 1.97 bits per heavy atom. The quantitative estimate of drug-likeness (QED) is 0.269. The summed E-state index contributed by atoms with van der Waals surface area (Å²) < 4.78 is 67.7. The fourth-order valence-electron chi connectivity index (χ4n) is 3.11. The van der Waals surface area contributed by atoms with Crippen molar-refractivity contribution in [1.29, 1.82) is 0 Å². The van der Waals surface area contributed by atoms with Crippen molar-refractivity contribution < 1.29 is 41.1 Å². The minimum absolute atomic E-state index is 0.00483. The number of nitrogens with two attached hydrogens (primary N) is 2. The van der Waals surface area contributed by atoms with Crippen LogP contribution in [-0.4, -0.2) is 35.5 Å². The number of sulfonamides is 1. The van der Waals surface area contributed by atoms with Gasteiger partial charge in [-0.2, -0.15) is 8.78 Å². The summed E-state index contributed by atoms with van der Waals surface area (Å²) in [6, 6.07) is 2.45. The Morgan fingerprint density at radius 1 is 1.35 bits per heavy atom. The number of ether oxygens (including phenoxy) is 1. The normalized spacial score (nSPS) is 16.5. The number of hydrogen-bond donors (Lipinski definition) is 4. The zero-order chi connectivity index (χ0) is 23.4. The van der Waals surface area contributed by atoms with Crippen molar-refractivity contribution in [2.45, 2.75) is 36.1 Å². The highest BCUT2D eigenvalue weighted by Gasteiger charge is 2.53. The molecule has 0 unspecified atom stereocenters.